The number of halogens is 1. The zero-order valence-electron chi connectivity index (χ0n) is 8.39. The molecule has 0 aromatic heterocycles. The fraction of sp³-hybridized carbons (Fsp3) is 0.455. The molecule has 1 aliphatic heterocycles. The topological polar surface area (TPSA) is 29.3 Å². The Hall–Kier alpha value is -0.570. The average Bonchev–Trinajstić information content (AvgIpc) is 2.47. The Bertz CT molecular complexity index is 276. The highest BCUT2D eigenvalue weighted by molar-refractivity contribution is 5.85. The van der Waals surface area contributed by atoms with Crippen molar-refractivity contribution in [3.8, 4) is 0 Å². The molecule has 1 heterocycles. The lowest BCUT2D eigenvalue weighted by Gasteiger charge is -2.13. The van der Waals surface area contributed by atoms with Gasteiger partial charge in [0.25, 0.3) is 0 Å². The van der Waals surface area contributed by atoms with Crippen molar-refractivity contribution in [1.29, 1.82) is 0 Å². The van der Waals surface area contributed by atoms with Gasteiger partial charge in [-0.1, -0.05) is 30.3 Å². The number of hydrogen-bond acceptors (Lipinski definition) is 2. The van der Waals surface area contributed by atoms with E-state index < -0.39 is 0 Å². The second kappa shape index (κ2) is 4.78. The van der Waals surface area contributed by atoms with Gasteiger partial charge in [-0.05, 0) is 12.6 Å². The third kappa shape index (κ3) is 2.27. The van der Waals surface area contributed by atoms with Crippen LogP contribution in [0.4, 0.5) is 0 Å². The van der Waals surface area contributed by atoms with Gasteiger partial charge in [0.05, 0.1) is 0 Å². The van der Waals surface area contributed by atoms with Crippen LogP contribution >= 0.6 is 12.4 Å². The largest absolute Gasteiger partial charge is 0.326 e. The van der Waals surface area contributed by atoms with Crippen molar-refractivity contribution in [2.45, 2.75) is 12.0 Å². The first-order chi connectivity index (χ1) is 6.27. The van der Waals surface area contributed by atoms with E-state index in [4.69, 9.17) is 5.73 Å². The summed E-state index contributed by atoms with van der Waals surface area (Å²) in [5, 5.41) is 0. The first-order valence-electron chi connectivity index (χ1n) is 4.76. The molecule has 0 unspecified atom stereocenters. The molecule has 2 atom stereocenters. The van der Waals surface area contributed by atoms with Crippen molar-refractivity contribution >= 4 is 12.4 Å². The predicted molar refractivity (Wildman–Crippen MR) is 61.9 cm³/mol. The zero-order valence-corrected chi connectivity index (χ0v) is 9.20. The highest BCUT2D eigenvalue weighted by atomic mass is 35.5. The maximum absolute atomic E-state index is 6.06. The van der Waals surface area contributed by atoms with Crippen molar-refractivity contribution in [2.24, 2.45) is 5.73 Å². The van der Waals surface area contributed by atoms with Gasteiger partial charge in [0.1, 0.15) is 0 Å². The SMILES string of the molecule is CN1C[C@@H](N)[C@H](c2ccccc2)C1.Cl. The number of rotatable bonds is 1. The van der Waals surface area contributed by atoms with Gasteiger partial charge in [-0.25, -0.2) is 0 Å². The van der Waals surface area contributed by atoms with Gasteiger partial charge < -0.3 is 10.6 Å². The van der Waals surface area contributed by atoms with E-state index >= 15 is 0 Å². The van der Waals surface area contributed by atoms with Gasteiger partial charge in [0.15, 0.2) is 0 Å². The van der Waals surface area contributed by atoms with E-state index in [0.29, 0.717) is 12.0 Å². The van der Waals surface area contributed by atoms with Crippen molar-refractivity contribution in [1.82, 2.24) is 4.90 Å². The Morgan fingerprint density at radius 3 is 2.36 bits per heavy atom. The van der Waals surface area contributed by atoms with Crippen LogP contribution in [0.5, 0.6) is 0 Å². The molecule has 78 valence electrons. The molecule has 1 aromatic carbocycles. The summed E-state index contributed by atoms with van der Waals surface area (Å²) in [6.07, 6.45) is 0. The summed E-state index contributed by atoms with van der Waals surface area (Å²) in [6, 6.07) is 10.9. The summed E-state index contributed by atoms with van der Waals surface area (Å²) < 4.78 is 0. The molecular weight excluding hydrogens is 196 g/mol. The molecule has 14 heavy (non-hydrogen) atoms. The lowest BCUT2D eigenvalue weighted by Crippen LogP contribution is -2.27. The van der Waals surface area contributed by atoms with E-state index in [0.717, 1.165) is 13.1 Å². The maximum atomic E-state index is 6.06. The van der Waals surface area contributed by atoms with Gasteiger partial charge >= 0.3 is 0 Å². The van der Waals surface area contributed by atoms with Gasteiger partial charge in [0.2, 0.25) is 0 Å². The Labute approximate surface area is 91.5 Å². The Balaban J connectivity index is 0.000000980. The van der Waals surface area contributed by atoms with Crippen LogP contribution in [-0.2, 0) is 0 Å². The van der Waals surface area contributed by atoms with E-state index in [9.17, 15) is 0 Å². The van der Waals surface area contributed by atoms with Crippen LogP contribution in [0.2, 0.25) is 0 Å². The molecule has 0 aliphatic carbocycles. The fourth-order valence-corrected chi connectivity index (χ4v) is 2.09. The quantitative estimate of drug-likeness (QED) is 0.764. The van der Waals surface area contributed by atoms with Crippen molar-refractivity contribution in [3.63, 3.8) is 0 Å². The minimum absolute atomic E-state index is 0. The molecule has 0 radical (unpaired) electrons. The molecule has 1 aliphatic rings. The van der Waals surface area contributed by atoms with Crippen molar-refractivity contribution in [3.05, 3.63) is 35.9 Å². The fourth-order valence-electron chi connectivity index (χ4n) is 2.09. The molecule has 0 spiro atoms. The second-order valence-electron chi connectivity index (χ2n) is 3.90. The molecular formula is C11H17ClN2. The van der Waals surface area contributed by atoms with Crippen LogP contribution in [0.15, 0.2) is 30.3 Å². The number of likely N-dealkylation sites (tertiary alicyclic amines) is 1. The second-order valence-corrected chi connectivity index (χ2v) is 3.90. The minimum Gasteiger partial charge on any atom is -0.326 e. The number of nitrogens with zero attached hydrogens (tertiary/aromatic N) is 1. The van der Waals surface area contributed by atoms with Crippen LogP contribution in [0.1, 0.15) is 11.5 Å². The third-order valence-electron chi connectivity index (χ3n) is 2.78. The summed E-state index contributed by atoms with van der Waals surface area (Å²) in [4.78, 5) is 2.29. The first kappa shape index (κ1) is 11.5. The van der Waals surface area contributed by atoms with Gasteiger partial charge in [-0.15, -0.1) is 12.4 Å². The molecule has 0 amide bonds. The molecule has 2 N–H and O–H groups in total. The van der Waals surface area contributed by atoms with Crippen LogP contribution in [0.3, 0.4) is 0 Å². The molecule has 1 saturated heterocycles. The van der Waals surface area contributed by atoms with E-state index in [2.05, 4.69) is 36.2 Å². The summed E-state index contributed by atoms with van der Waals surface area (Å²) in [5.41, 5.74) is 7.43. The molecule has 1 aromatic rings. The lowest BCUT2D eigenvalue weighted by atomic mass is 9.95. The predicted octanol–water partition coefficient (Wildman–Crippen LogP) is 1.46. The molecule has 2 rings (SSSR count). The lowest BCUT2D eigenvalue weighted by molar-refractivity contribution is 0.407. The molecule has 1 fully saturated rings. The highest BCUT2D eigenvalue weighted by Crippen LogP contribution is 2.24. The molecule has 2 nitrogen and oxygen atoms in total. The monoisotopic (exact) mass is 212 g/mol. The van der Waals surface area contributed by atoms with Crippen molar-refractivity contribution in [2.75, 3.05) is 20.1 Å². The first-order valence-corrected chi connectivity index (χ1v) is 4.76. The molecule has 0 saturated carbocycles. The maximum Gasteiger partial charge on any atom is 0.0249 e. The third-order valence-corrected chi connectivity index (χ3v) is 2.78. The van der Waals surface area contributed by atoms with E-state index in [1.54, 1.807) is 0 Å². The summed E-state index contributed by atoms with van der Waals surface area (Å²) >= 11 is 0. The number of nitrogens with two attached hydrogens (primary N) is 1. The van der Waals surface area contributed by atoms with Gasteiger partial charge in [-0.3, -0.25) is 0 Å². The van der Waals surface area contributed by atoms with E-state index in [1.165, 1.54) is 5.56 Å². The summed E-state index contributed by atoms with van der Waals surface area (Å²) in [6.45, 7) is 2.10. The highest BCUT2D eigenvalue weighted by Gasteiger charge is 2.28. The smallest absolute Gasteiger partial charge is 0.0249 e. The van der Waals surface area contributed by atoms with E-state index in [1.807, 2.05) is 6.07 Å². The number of hydrogen-bond donors (Lipinski definition) is 1. The molecule has 3 heteroatoms. The Kier molecular flexibility index (Phi) is 3.93. The van der Waals surface area contributed by atoms with Crippen molar-refractivity contribution < 1.29 is 0 Å². The number of benzene rings is 1. The van der Waals surface area contributed by atoms with Gasteiger partial charge in [0, 0.05) is 25.0 Å². The van der Waals surface area contributed by atoms with Crippen LogP contribution in [-0.4, -0.2) is 31.1 Å². The summed E-state index contributed by atoms with van der Waals surface area (Å²) in [5.74, 6) is 0.520. The number of likely N-dealkylation sites (N-methyl/N-ethyl adjacent to an activating group) is 1. The average molecular weight is 213 g/mol. The minimum atomic E-state index is 0. The normalized spacial score (nSPS) is 27.3. The van der Waals surface area contributed by atoms with Crippen LogP contribution < -0.4 is 5.73 Å². The Morgan fingerprint density at radius 1 is 1.21 bits per heavy atom. The van der Waals surface area contributed by atoms with Crippen LogP contribution in [0.25, 0.3) is 0 Å². The van der Waals surface area contributed by atoms with Crippen LogP contribution in [0, 0.1) is 0 Å². The summed E-state index contributed by atoms with van der Waals surface area (Å²) in [7, 11) is 2.13. The van der Waals surface area contributed by atoms with E-state index in [-0.39, 0.29) is 12.4 Å². The van der Waals surface area contributed by atoms with Gasteiger partial charge in [-0.2, -0.15) is 0 Å². The Morgan fingerprint density at radius 2 is 1.86 bits per heavy atom. The zero-order chi connectivity index (χ0) is 9.26. The molecule has 0 bridgehead atoms. The standard InChI is InChI=1S/C11H16N2.ClH/c1-13-7-10(11(12)8-13)9-5-3-2-4-6-9;/h2-6,10-11H,7-8,12H2,1H3;1H/t10-,11+;/m0./s1.